The highest BCUT2D eigenvalue weighted by atomic mass is 35.5. The van der Waals surface area contributed by atoms with E-state index in [1.54, 1.807) is 18.2 Å². The molecule has 0 saturated heterocycles. The molecule has 0 aliphatic rings. The summed E-state index contributed by atoms with van der Waals surface area (Å²) < 4.78 is 44.3. The van der Waals surface area contributed by atoms with E-state index in [-0.39, 0.29) is 0 Å². The van der Waals surface area contributed by atoms with Crippen LogP contribution < -0.4 is 10.1 Å². The van der Waals surface area contributed by atoms with Crippen molar-refractivity contribution in [2.24, 2.45) is 0 Å². The lowest BCUT2D eigenvalue weighted by molar-refractivity contribution is 0.104. The molecule has 0 amide bonds. The van der Waals surface area contributed by atoms with Gasteiger partial charge in [-0.3, -0.25) is 4.79 Å². The van der Waals surface area contributed by atoms with Crippen LogP contribution in [0.25, 0.3) is 0 Å². The molecule has 1 N–H and O–H groups in total. The van der Waals surface area contributed by atoms with E-state index in [0.717, 1.165) is 6.08 Å². The van der Waals surface area contributed by atoms with E-state index < -0.39 is 28.8 Å². The molecule has 2 aromatic carbocycles. The van der Waals surface area contributed by atoms with Crippen molar-refractivity contribution < 1.29 is 22.7 Å². The first-order chi connectivity index (χ1) is 10.9. The number of ether oxygens (including phenoxy) is 1. The van der Waals surface area contributed by atoms with Gasteiger partial charge in [-0.25, -0.2) is 13.2 Å². The van der Waals surface area contributed by atoms with Gasteiger partial charge in [0.1, 0.15) is 11.6 Å². The molecule has 3 nitrogen and oxygen atoms in total. The maximum absolute atomic E-state index is 13.5. The molecule has 0 saturated carbocycles. The Kier molecular flexibility index (Phi) is 5.28. The second-order valence-electron chi connectivity index (χ2n) is 4.43. The van der Waals surface area contributed by atoms with E-state index in [1.165, 1.54) is 13.3 Å². The Morgan fingerprint density at radius 3 is 2.48 bits per heavy atom. The number of methoxy groups -OCH3 is 1. The Balaban J connectivity index is 2.12. The minimum absolute atomic E-state index is 0.324. The first kappa shape index (κ1) is 16.9. The highest BCUT2D eigenvalue weighted by molar-refractivity contribution is 6.33. The predicted octanol–water partition coefficient (Wildman–Crippen LogP) is 4.57. The first-order valence-corrected chi connectivity index (χ1v) is 6.75. The second kappa shape index (κ2) is 7.19. The third-order valence-corrected chi connectivity index (χ3v) is 3.24. The van der Waals surface area contributed by atoms with E-state index in [4.69, 9.17) is 16.3 Å². The van der Waals surface area contributed by atoms with Gasteiger partial charge < -0.3 is 10.1 Å². The number of anilines is 1. The fraction of sp³-hybridized carbons (Fsp3) is 0.0625. The van der Waals surface area contributed by atoms with Gasteiger partial charge >= 0.3 is 0 Å². The van der Waals surface area contributed by atoms with Crippen LogP contribution in [0.5, 0.6) is 5.75 Å². The monoisotopic (exact) mass is 341 g/mol. The van der Waals surface area contributed by atoms with Crippen LogP contribution in [0.3, 0.4) is 0 Å². The molecule has 2 rings (SSSR count). The molecule has 0 aliphatic heterocycles. The molecule has 7 heteroatoms. The second-order valence-corrected chi connectivity index (χ2v) is 4.84. The Morgan fingerprint density at radius 2 is 1.83 bits per heavy atom. The molecule has 0 aliphatic carbocycles. The Labute approximate surface area is 135 Å². The van der Waals surface area contributed by atoms with Crippen molar-refractivity contribution in [2.75, 3.05) is 12.4 Å². The number of benzene rings is 2. The molecular formula is C16H11ClF3NO2. The summed E-state index contributed by atoms with van der Waals surface area (Å²) in [6, 6.07) is 5.67. The number of rotatable bonds is 5. The molecule has 0 radical (unpaired) electrons. The topological polar surface area (TPSA) is 38.3 Å². The van der Waals surface area contributed by atoms with Crippen LogP contribution >= 0.6 is 11.6 Å². The van der Waals surface area contributed by atoms with E-state index in [2.05, 4.69) is 5.32 Å². The highest BCUT2D eigenvalue weighted by Crippen LogP contribution is 2.26. The summed E-state index contributed by atoms with van der Waals surface area (Å²) in [4.78, 5) is 11.8. The summed E-state index contributed by atoms with van der Waals surface area (Å²) >= 11 is 5.99. The minimum atomic E-state index is -1.36. The van der Waals surface area contributed by atoms with Crippen molar-refractivity contribution >= 4 is 23.1 Å². The average Bonchev–Trinajstić information content (AvgIpc) is 2.52. The van der Waals surface area contributed by atoms with Gasteiger partial charge in [0, 0.05) is 24.4 Å². The van der Waals surface area contributed by atoms with Crippen LogP contribution in [0.4, 0.5) is 18.9 Å². The van der Waals surface area contributed by atoms with Crippen molar-refractivity contribution in [1.29, 1.82) is 0 Å². The molecule has 0 atom stereocenters. The van der Waals surface area contributed by atoms with E-state index in [0.29, 0.717) is 28.6 Å². The highest BCUT2D eigenvalue weighted by Gasteiger charge is 2.14. The SMILES string of the molecule is COc1ccc(N/C=C/C(=O)c2cc(F)c(F)cc2F)c(Cl)c1. The number of hydrogen-bond donors (Lipinski definition) is 1. The molecule has 0 fully saturated rings. The van der Waals surface area contributed by atoms with Crippen LogP contribution in [0.1, 0.15) is 10.4 Å². The fourth-order valence-corrected chi connectivity index (χ4v) is 1.97. The molecular weight excluding hydrogens is 331 g/mol. The maximum atomic E-state index is 13.5. The van der Waals surface area contributed by atoms with E-state index in [9.17, 15) is 18.0 Å². The molecule has 120 valence electrons. The number of halogens is 4. The molecule has 0 bridgehead atoms. The van der Waals surface area contributed by atoms with Gasteiger partial charge in [0.15, 0.2) is 17.4 Å². The van der Waals surface area contributed by atoms with Crippen molar-refractivity contribution in [2.45, 2.75) is 0 Å². The van der Waals surface area contributed by atoms with Crippen LogP contribution in [0, 0.1) is 17.5 Å². The van der Waals surface area contributed by atoms with Gasteiger partial charge in [-0.15, -0.1) is 0 Å². The maximum Gasteiger partial charge on any atom is 0.190 e. The summed E-state index contributed by atoms with van der Waals surface area (Å²) in [6.07, 6.45) is 2.20. The summed E-state index contributed by atoms with van der Waals surface area (Å²) in [7, 11) is 1.49. The Bertz CT molecular complexity index is 778. The van der Waals surface area contributed by atoms with Gasteiger partial charge in [-0.05, 0) is 18.2 Å². The number of ketones is 1. The molecule has 2 aromatic rings. The zero-order valence-corrected chi connectivity index (χ0v) is 12.6. The first-order valence-electron chi connectivity index (χ1n) is 6.38. The summed E-state index contributed by atoms with van der Waals surface area (Å²) in [6.45, 7) is 0. The molecule has 0 aromatic heterocycles. The van der Waals surface area contributed by atoms with Crippen LogP contribution in [0.2, 0.25) is 5.02 Å². The van der Waals surface area contributed by atoms with Crippen molar-refractivity contribution in [1.82, 2.24) is 0 Å². The predicted molar refractivity (Wildman–Crippen MR) is 81.4 cm³/mol. The van der Waals surface area contributed by atoms with E-state index in [1.807, 2.05) is 0 Å². The third-order valence-electron chi connectivity index (χ3n) is 2.93. The Hall–Kier alpha value is -2.47. The number of nitrogens with one attached hydrogen (secondary N) is 1. The minimum Gasteiger partial charge on any atom is -0.497 e. The van der Waals surface area contributed by atoms with Gasteiger partial charge in [0.05, 0.1) is 23.4 Å². The summed E-state index contributed by atoms with van der Waals surface area (Å²) in [5.41, 5.74) is -0.0787. The third kappa shape index (κ3) is 4.04. The van der Waals surface area contributed by atoms with Crippen LogP contribution in [0.15, 0.2) is 42.6 Å². The van der Waals surface area contributed by atoms with Gasteiger partial charge in [0.25, 0.3) is 0 Å². The molecule has 23 heavy (non-hydrogen) atoms. The molecule has 0 unspecified atom stereocenters. The lowest BCUT2D eigenvalue weighted by atomic mass is 10.1. The largest absolute Gasteiger partial charge is 0.497 e. The molecule has 0 spiro atoms. The standard InChI is InChI=1S/C16H11ClF3NO2/c1-23-9-2-3-15(11(17)6-9)21-5-4-16(22)10-7-13(19)14(20)8-12(10)18/h2-8,21H,1H3/b5-4+. The van der Waals surface area contributed by atoms with Gasteiger partial charge in [0.2, 0.25) is 0 Å². The average molecular weight is 342 g/mol. The smallest absolute Gasteiger partial charge is 0.190 e. The quantitative estimate of drug-likeness (QED) is 0.491. The lowest BCUT2D eigenvalue weighted by Gasteiger charge is -2.06. The van der Waals surface area contributed by atoms with Crippen molar-refractivity contribution in [3.05, 3.63) is 70.6 Å². The van der Waals surface area contributed by atoms with Crippen molar-refractivity contribution in [3.8, 4) is 5.75 Å². The fourth-order valence-electron chi connectivity index (χ4n) is 1.75. The summed E-state index contributed by atoms with van der Waals surface area (Å²) in [5, 5.41) is 3.08. The number of carbonyl (C=O) groups excluding carboxylic acids is 1. The van der Waals surface area contributed by atoms with Gasteiger partial charge in [-0.2, -0.15) is 0 Å². The number of hydrogen-bond acceptors (Lipinski definition) is 3. The number of allylic oxidation sites excluding steroid dienone is 1. The van der Waals surface area contributed by atoms with Crippen LogP contribution in [-0.2, 0) is 0 Å². The number of carbonyl (C=O) groups is 1. The van der Waals surface area contributed by atoms with Crippen molar-refractivity contribution in [3.63, 3.8) is 0 Å². The zero-order valence-electron chi connectivity index (χ0n) is 11.9. The Morgan fingerprint density at radius 1 is 1.13 bits per heavy atom. The summed E-state index contributed by atoms with van der Waals surface area (Å²) in [5.74, 6) is -4.05. The zero-order chi connectivity index (χ0) is 17.0. The molecule has 0 heterocycles. The van der Waals surface area contributed by atoms with E-state index >= 15 is 0 Å². The normalized spacial score (nSPS) is 10.8. The lowest BCUT2D eigenvalue weighted by Crippen LogP contribution is -2.02. The van der Waals surface area contributed by atoms with Crippen LogP contribution in [-0.4, -0.2) is 12.9 Å². The van der Waals surface area contributed by atoms with Gasteiger partial charge in [-0.1, -0.05) is 11.6 Å².